The standard InChI is InChI=1S/C33H24F2N6O5/c1-46-28-12-7-20(15-21(28)16-36)31(44)38-25-17-37-41-26-13-14-39(29(43)19-42)18-27(26)40(32(45)30(25)41)24-10-8-23(9-11-24)33(34,35)22-5-3-2-4-6-22/h2-12,15,17,26-27,42H,18-19H2,1H3,(H,38,44)/t26-,27+/m1/s1. The highest BCUT2D eigenvalue weighted by Crippen LogP contribution is 2.39. The number of nitriles is 1. The van der Waals surface area contributed by atoms with Gasteiger partial charge in [0, 0.05) is 28.4 Å². The number of nitrogens with zero attached hydrogens (tertiary/aromatic N) is 5. The van der Waals surface area contributed by atoms with E-state index in [2.05, 4.69) is 22.4 Å². The molecule has 0 saturated carbocycles. The van der Waals surface area contributed by atoms with Crippen LogP contribution in [0.2, 0.25) is 0 Å². The minimum atomic E-state index is -3.31. The van der Waals surface area contributed by atoms with Crippen molar-refractivity contribution in [3.8, 4) is 23.8 Å². The average molecular weight is 623 g/mol. The molecule has 0 fully saturated rings. The van der Waals surface area contributed by atoms with Gasteiger partial charge in [0.2, 0.25) is 0 Å². The van der Waals surface area contributed by atoms with Crippen LogP contribution in [0.5, 0.6) is 5.75 Å². The quantitative estimate of drug-likeness (QED) is 0.301. The maximum atomic E-state index is 15.3. The number of fused-ring (bicyclic) bond motifs is 3. The van der Waals surface area contributed by atoms with Gasteiger partial charge in [0.05, 0.1) is 37.1 Å². The molecule has 3 amide bonds. The zero-order valence-corrected chi connectivity index (χ0v) is 24.1. The first-order chi connectivity index (χ1) is 22.2. The third-order valence-corrected chi connectivity index (χ3v) is 7.80. The molecule has 230 valence electrons. The Kier molecular flexibility index (Phi) is 7.69. The fraction of sp³-hybridized carbons (Fsp3) is 0.182. The zero-order chi connectivity index (χ0) is 32.6. The van der Waals surface area contributed by atoms with Crippen LogP contribution < -0.4 is 15.0 Å². The number of benzene rings is 3. The number of aromatic nitrogens is 2. The highest BCUT2D eigenvalue weighted by molar-refractivity contribution is 6.13. The number of alkyl halides is 2. The highest BCUT2D eigenvalue weighted by atomic mass is 19.3. The molecule has 3 aromatic carbocycles. The Morgan fingerprint density at radius 1 is 1.13 bits per heavy atom. The second kappa shape index (κ2) is 11.8. The second-order valence-electron chi connectivity index (χ2n) is 10.4. The molecule has 2 aliphatic rings. The fourth-order valence-corrected chi connectivity index (χ4v) is 5.50. The number of amides is 3. The van der Waals surface area contributed by atoms with Crippen molar-refractivity contribution in [2.75, 3.05) is 30.5 Å². The summed E-state index contributed by atoms with van der Waals surface area (Å²) in [5, 5.41) is 25.8. The van der Waals surface area contributed by atoms with Gasteiger partial charge in [-0.1, -0.05) is 48.4 Å². The summed E-state index contributed by atoms with van der Waals surface area (Å²) in [6.45, 7) is -0.903. The minimum Gasteiger partial charge on any atom is -0.495 e. The second-order valence-corrected chi connectivity index (χ2v) is 10.4. The van der Waals surface area contributed by atoms with Crippen LogP contribution in [0.4, 0.5) is 20.2 Å². The van der Waals surface area contributed by atoms with Gasteiger partial charge in [-0.2, -0.15) is 19.1 Å². The molecule has 0 saturated heterocycles. The first-order valence-corrected chi connectivity index (χ1v) is 13.9. The largest absolute Gasteiger partial charge is 0.495 e. The predicted molar refractivity (Wildman–Crippen MR) is 160 cm³/mol. The molecular weight excluding hydrogens is 598 g/mol. The molecule has 4 aromatic rings. The van der Waals surface area contributed by atoms with E-state index >= 15 is 8.78 Å². The van der Waals surface area contributed by atoms with E-state index in [-0.39, 0.29) is 51.6 Å². The number of anilines is 2. The lowest BCUT2D eigenvalue weighted by Gasteiger charge is -2.42. The number of nitrogens with one attached hydrogen (secondary N) is 1. The molecule has 46 heavy (non-hydrogen) atoms. The first-order valence-electron chi connectivity index (χ1n) is 13.9. The van der Waals surface area contributed by atoms with Crippen LogP contribution in [-0.2, 0) is 10.7 Å². The third-order valence-electron chi connectivity index (χ3n) is 7.80. The van der Waals surface area contributed by atoms with E-state index in [0.717, 1.165) is 4.90 Å². The molecular formula is C33H24F2N6O5. The van der Waals surface area contributed by atoms with Gasteiger partial charge in [-0.3, -0.25) is 24.2 Å². The van der Waals surface area contributed by atoms with Gasteiger partial charge < -0.3 is 15.2 Å². The van der Waals surface area contributed by atoms with Crippen molar-refractivity contribution in [3.63, 3.8) is 0 Å². The van der Waals surface area contributed by atoms with Crippen LogP contribution in [0.15, 0.2) is 79.0 Å². The number of ether oxygens (including phenoxy) is 1. The lowest BCUT2D eigenvalue weighted by Crippen LogP contribution is -2.57. The lowest BCUT2D eigenvalue weighted by atomic mass is 9.97. The summed E-state index contributed by atoms with van der Waals surface area (Å²) < 4.78 is 37.1. The molecule has 0 unspecified atom stereocenters. The van der Waals surface area contributed by atoms with Gasteiger partial charge in [-0.15, -0.1) is 0 Å². The van der Waals surface area contributed by atoms with E-state index in [1.54, 1.807) is 6.07 Å². The average Bonchev–Trinajstić information content (AvgIpc) is 3.51. The number of methoxy groups -OCH3 is 1. The topological polar surface area (TPSA) is 141 Å². The van der Waals surface area contributed by atoms with Crippen LogP contribution in [0, 0.1) is 23.3 Å². The van der Waals surface area contributed by atoms with Crippen molar-refractivity contribution in [1.82, 2.24) is 14.7 Å². The van der Waals surface area contributed by atoms with Crippen LogP contribution >= 0.6 is 0 Å². The van der Waals surface area contributed by atoms with E-state index in [9.17, 15) is 24.8 Å². The van der Waals surface area contributed by atoms with Gasteiger partial charge in [-0.25, -0.2) is 4.68 Å². The summed E-state index contributed by atoms with van der Waals surface area (Å²) in [6, 6.07) is 19.9. The molecule has 2 N–H and O–H groups in total. The molecule has 2 aliphatic heterocycles. The maximum absolute atomic E-state index is 15.3. The van der Waals surface area contributed by atoms with E-state index in [4.69, 9.17) is 4.74 Å². The van der Waals surface area contributed by atoms with E-state index in [0.29, 0.717) is 0 Å². The van der Waals surface area contributed by atoms with Crippen LogP contribution in [0.25, 0.3) is 0 Å². The van der Waals surface area contributed by atoms with Crippen molar-refractivity contribution in [2.24, 2.45) is 0 Å². The van der Waals surface area contributed by atoms with Gasteiger partial charge in [0.25, 0.3) is 23.6 Å². The Morgan fingerprint density at radius 2 is 1.85 bits per heavy atom. The van der Waals surface area contributed by atoms with Crippen molar-refractivity contribution in [2.45, 2.75) is 18.0 Å². The molecule has 0 aliphatic carbocycles. The van der Waals surface area contributed by atoms with Crippen molar-refractivity contribution < 1.29 is 33.0 Å². The van der Waals surface area contributed by atoms with E-state index < -0.39 is 42.3 Å². The zero-order valence-electron chi connectivity index (χ0n) is 24.1. The number of hydrogen-bond acceptors (Lipinski definition) is 7. The van der Waals surface area contributed by atoms with Gasteiger partial charge in [-0.05, 0) is 30.3 Å². The van der Waals surface area contributed by atoms with Gasteiger partial charge in [0.15, 0.2) is 5.69 Å². The molecule has 2 atom stereocenters. The van der Waals surface area contributed by atoms with Crippen LogP contribution in [0.3, 0.4) is 0 Å². The minimum absolute atomic E-state index is 0.0291. The molecule has 6 rings (SSSR count). The molecule has 0 radical (unpaired) electrons. The fourth-order valence-electron chi connectivity index (χ4n) is 5.50. The molecule has 0 spiro atoms. The number of aliphatic hydroxyl groups excluding tert-OH is 1. The Balaban J connectivity index is 1.38. The molecule has 11 nitrogen and oxygen atoms in total. The van der Waals surface area contributed by atoms with E-state index in [1.165, 1.54) is 89.6 Å². The molecule has 3 heterocycles. The summed E-state index contributed by atoms with van der Waals surface area (Å²) in [5.74, 6) is -2.04. The monoisotopic (exact) mass is 622 g/mol. The Labute approximate surface area is 261 Å². The Bertz CT molecular complexity index is 1960. The lowest BCUT2D eigenvalue weighted by molar-refractivity contribution is -0.131. The Morgan fingerprint density at radius 3 is 2.52 bits per heavy atom. The first kappa shape index (κ1) is 30.0. The maximum Gasteiger partial charge on any atom is 0.298 e. The van der Waals surface area contributed by atoms with Crippen molar-refractivity contribution in [1.29, 1.82) is 5.26 Å². The van der Waals surface area contributed by atoms with Gasteiger partial charge in [0.1, 0.15) is 24.5 Å². The normalized spacial score (nSPS) is 16.8. The number of rotatable bonds is 7. The number of halogens is 2. The number of hydrogen-bond donors (Lipinski definition) is 2. The summed E-state index contributed by atoms with van der Waals surface area (Å²) in [5.41, 5.74) is 0.0400. The predicted octanol–water partition coefficient (Wildman–Crippen LogP) is 3.52. The molecule has 0 bridgehead atoms. The molecule has 1 aromatic heterocycles. The summed E-state index contributed by atoms with van der Waals surface area (Å²) in [4.78, 5) is 42.2. The highest BCUT2D eigenvalue weighted by Gasteiger charge is 2.45. The van der Waals surface area contributed by atoms with Crippen molar-refractivity contribution >= 4 is 29.1 Å². The van der Waals surface area contributed by atoms with Crippen LogP contribution in [0.1, 0.15) is 43.6 Å². The van der Waals surface area contributed by atoms with Gasteiger partial charge >= 0.3 is 0 Å². The number of aliphatic hydroxyl groups is 1. The molecule has 13 heteroatoms. The number of carbonyl (C=O) groups is 3. The van der Waals surface area contributed by atoms with E-state index in [1.807, 2.05) is 6.07 Å². The summed E-state index contributed by atoms with van der Waals surface area (Å²) in [7, 11) is 1.40. The summed E-state index contributed by atoms with van der Waals surface area (Å²) in [6.07, 6.45) is 1.29. The van der Waals surface area contributed by atoms with Crippen molar-refractivity contribution in [3.05, 3.63) is 107 Å². The SMILES string of the molecule is COc1ccc(C(=O)Nc2cnn3c2C(=O)N(c2ccc(C(F)(F)c4ccccc4)cc2)[C@H]2CN(C(=O)CO)C#C[C@H]23)cc1C#N. The third kappa shape index (κ3) is 5.08. The van der Waals surface area contributed by atoms with Crippen LogP contribution in [-0.4, -0.2) is 63.8 Å². The smallest absolute Gasteiger partial charge is 0.298 e. The number of carbonyl (C=O) groups excluding carboxylic acids is 3. The Hall–Kier alpha value is -6.05. The summed E-state index contributed by atoms with van der Waals surface area (Å²) >= 11 is 0.